The molecule has 0 radical (unpaired) electrons. The van der Waals surface area contributed by atoms with Crippen LogP contribution in [0.5, 0.6) is 11.5 Å². The van der Waals surface area contributed by atoms with Crippen molar-refractivity contribution in [1.82, 2.24) is 9.55 Å². The van der Waals surface area contributed by atoms with E-state index >= 15 is 0 Å². The molecule has 0 aliphatic carbocycles. The van der Waals surface area contributed by atoms with Crippen molar-refractivity contribution in [3.05, 3.63) is 47.0 Å². The average molecular weight is 386 g/mol. The number of rotatable bonds is 2. The molecule has 140 valence electrons. The normalized spacial score (nSPS) is 13.6. The maximum Gasteiger partial charge on any atom is 0.258 e. The van der Waals surface area contributed by atoms with Crippen LogP contribution >= 0.6 is 11.6 Å². The van der Waals surface area contributed by atoms with Gasteiger partial charge in [-0.15, -0.1) is 0 Å². The summed E-state index contributed by atoms with van der Waals surface area (Å²) in [7, 11) is 0. The van der Waals surface area contributed by atoms with Gasteiger partial charge in [-0.3, -0.25) is 10.1 Å². The zero-order chi connectivity index (χ0) is 19.2. The standard InChI is InChI=1S/C20H20ClN3O3/c1-20(2,3)24-15-7-5-4-6-14(15)22-19(24)23-18(25)12-10-13(21)17-16(11-12)26-8-9-27-17/h4-7,10-11H,8-9H2,1-3H3,(H,22,23,25). The number of ether oxygens (including phenoxy) is 2. The smallest absolute Gasteiger partial charge is 0.258 e. The van der Waals surface area contributed by atoms with Crippen molar-refractivity contribution in [1.29, 1.82) is 0 Å². The first kappa shape index (κ1) is 17.7. The van der Waals surface area contributed by atoms with Gasteiger partial charge >= 0.3 is 0 Å². The van der Waals surface area contributed by atoms with E-state index in [0.29, 0.717) is 41.2 Å². The third-order valence-corrected chi connectivity index (χ3v) is 4.60. The third kappa shape index (κ3) is 3.21. The molecule has 6 nitrogen and oxygen atoms in total. The van der Waals surface area contributed by atoms with Crippen LogP contribution in [0.1, 0.15) is 31.1 Å². The first-order chi connectivity index (χ1) is 12.8. The van der Waals surface area contributed by atoms with Crippen molar-refractivity contribution in [3.63, 3.8) is 0 Å². The van der Waals surface area contributed by atoms with E-state index in [1.165, 1.54) is 0 Å². The van der Waals surface area contributed by atoms with Crippen LogP contribution in [0, 0.1) is 0 Å². The lowest BCUT2D eigenvalue weighted by molar-refractivity contribution is 0.102. The van der Waals surface area contributed by atoms with Crippen LogP contribution in [0.25, 0.3) is 11.0 Å². The number of carbonyl (C=O) groups excluding carboxylic acids is 1. The number of halogens is 1. The molecule has 1 N–H and O–H groups in total. The van der Waals surface area contributed by atoms with Crippen LogP contribution in [0.4, 0.5) is 5.95 Å². The fourth-order valence-corrected chi connectivity index (χ4v) is 3.47. The molecule has 1 aliphatic heterocycles. The van der Waals surface area contributed by atoms with Gasteiger partial charge in [-0.05, 0) is 45.0 Å². The second-order valence-electron chi connectivity index (χ2n) is 7.37. The fraction of sp³-hybridized carbons (Fsp3) is 0.300. The minimum atomic E-state index is -0.310. The predicted octanol–water partition coefficient (Wildman–Crippen LogP) is 4.47. The van der Waals surface area contributed by atoms with Crippen LogP contribution < -0.4 is 14.8 Å². The van der Waals surface area contributed by atoms with Crippen molar-refractivity contribution >= 4 is 34.5 Å². The van der Waals surface area contributed by atoms with Crippen LogP contribution in [-0.2, 0) is 5.54 Å². The SMILES string of the molecule is CC(C)(C)n1c(NC(=O)c2cc(Cl)c3c(c2)OCCO3)nc2ccccc21. The summed E-state index contributed by atoms with van der Waals surface area (Å²) in [5.41, 5.74) is 1.91. The Balaban J connectivity index is 1.73. The molecule has 7 heteroatoms. The lowest BCUT2D eigenvalue weighted by Crippen LogP contribution is -2.26. The number of nitrogens with zero attached hydrogens (tertiary/aromatic N) is 2. The molecule has 0 unspecified atom stereocenters. The average Bonchev–Trinajstić information content (AvgIpc) is 2.99. The van der Waals surface area contributed by atoms with Crippen molar-refractivity contribution in [2.75, 3.05) is 18.5 Å². The number of aromatic nitrogens is 2. The summed E-state index contributed by atoms with van der Waals surface area (Å²) in [4.78, 5) is 17.5. The van der Waals surface area contributed by atoms with E-state index < -0.39 is 0 Å². The van der Waals surface area contributed by atoms with Gasteiger partial charge in [-0.25, -0.2) is 4.98 Å². The molecule has 2 aromatic carbocycles. The Morgan fingerprint density at radius 1 is 1.19 bits per heavy atom. The number of fused-ring (bicyclic) bond motifs is 2. The van der Waals surface area contributed by atoms with Crippen LogP contribution in [0.3, 0.4) is 0 Å². The summed E-state index contributed by atoms with van der Waals surface area (Å²) < 4.78 is 13.1. The van der Waals surface area contributed by atoms with Gasteiger partial charge in [0.1, 0.15) is 13.2 Å². The van der Waals surface area contributed by atoms with Crippen molar-refractivity contribution in [3.8, 4) is 11.5 Å². The highest BCUT2D eigenvalue weighted by Gasteiger charge is 2.24. The van der Waals surface area contributed by atoms with Crippen molar-refractivity contribution < 1.29 is 14.3 Å². The molecule has 0 atom stereocenters. The highest BCUT2D eigenvalue weighted by atomic mass is 35.5. The lowest BCUT2D eigenvalue weighted by atomic mass is 10.1. The summed E-state index contributed by atoms with van der Waals surface area (Å²) in [6, 6.07) is 11.0. The highest BCUT2D eigenvalue weighted by Crippen LogP contribution is 2.38. The Morgan fingerprint density at radius 3 is 2.70 bits per heavy atom. The van der Waals surface area contributed by atoms with E-state index in [4.69, 9.17) is 21.1 Å². The van der Waals surface area contributed by atoms with E-state index in [2.05, 4.69) is 31.1 Å². The molecule has 2 heterocycles. The van der Waals surface area contributed by atoms with Crippen molar-refractivity contribution in [2.24, 2.45) is 0 Å². The highest BCUT2D eigenvalue weighted by molar-refractivity contribution is 6.32. The summed E-state index contributed by atoms with van der Waals surface area (Å²) in [5.74, 6) is 1.12. The number of carbonyl (C=O) groups is 1. The third-order valence-electron chi connectivity index (χ3n) is 4.32. The first-order valence-corrected chi connectivity index (χ1v) is 9.11. The monoisotopic (exact) mass is 385 g/mol. The van der Waals surface area contributed by atoms with Crippen molar-refractivity contribution in [2.45, 2.75) is 26.3 Å². The van der Waals surface area contributed by atoms with E-state index in [-0.39, 0.29) is 11.4 Å². The van der Waals surface area contributed by atoms with Crippen LogP contribution in [0.15, 0.2) is 36.4 Å². The van der Waals surface area contributed by atoms with E-state index in [0.717, 1.165) is 11.0 Å². The Bertz CT molecular complexity index is 1040. The van der Waals surface area contributed by atoms with Gasteiger partial charge in [0.25, 0.3) is 5.91 Å². The minimum Gasteiger partial charge on any atom is -0.486 e. The number of imidazole rings is 1. The quantitative estimate of drug-likeness (QED) is 0.706. The van der Waals surface area contributed by atoms with Gasteiger partial charge < -0.3 is 14.0 Å². The summed E-state index contributed by atoms with van der Waals surface area (Å²) >= 11 is 6.26. The molecule has 4 rings (SSSR count). The molecule has 3 aromatic rings. The Morgan fingerprint density at radius 2 is 1.93 bits per heavy atom. The zero-order valence-electron chi connectivity index (χ0n) is 15.4. The molecule has 0 bridgehead atoms. The molecule has 1 aromatic heterocycles. The molecule has 0 saturated carbocycles. The number of nitrogens with one attached hydrogen (secondary N) is 1. The van der Waals surface area contributed by atoms with Gasteiger partial charge in [-0.1, -0.05) is 23.7 Å². The molecular weight excluding hydrogens is 366 g/mol. The molecule has 1 amide bonds. The lowest BCUT2D eigenvalue weighted by Gasteiger charge is -2.24. The minimum absolute atomic E-state index is 0.261. The van der Waals surface area contributed by atoms with Gasteiger partial charge in [0.05, 0.1) is 16.1 Å². The molecule has 0 saturated heterocycles. The maximum atomic E-state index is 12.9. The predicted molar refractivity (Wildman–Crippen MR) is 105 cm³/mol. The zero-order valence-corrected chi connectivity index (χ0v) is 16.1. The number of amides is 1. The summed E-state index contributed by atoms with van der Waals surface area (Å²) in [6.07, 6.45) is 0. The first-order valence-electron chi connectivity index (χ1n) is 8.73. The molecular formula is C20H20ClN3O3. The summed E-state index contributed by atoms with van der Waals surface area (Å²) in [5, 5.41) is 3.26. The maximum absolute atomic E-state index is 12.9. The van der Waals surface area contributed by atoms with E-state index in [1.807, 2.05) is 28.8 Å². The number of hydrogen-bond donors (Lipinski definition) is 1. The number of para-hydroxylation sites is 2. The Kier molecular flexibility index (Phi) is 4.23. The number of benzene rings is 2. The van der Waals surface area contributed by atoms with Gasteiger partial charge in [0, 0.05) is 11.1 Å². The van der Waals surface area contributed by atoms with Gasteiger partial charge in [-0.2, -0.15) is 0 Å². The fourth-order valence-electron chi connectivity index (χ4n) is 3.20. The second kappa shape index (κ2) is 6.46. The molecule has 0 spiro atoms. The summed E-state index contributed by atoms with van der Waals surface area (Å²) in [6.45, 7) is 7.06. The van der Waals surface area contributed by atoms with E-state index in [9.17, 15) is 4.79 Å². The Labute approximate surface area is 162 Å². The number of anilines is 1. The second-order valence-corrected chi connectivity index (χ2v) is 7.77. The molecule has 1 aliphatic rings. The van der Waals surface area contributed by atoms with E-state index in [1.54, 1.807) is 12.1 Å². The largest absolute Gasteiger partial charge is 0.486 e. The number of hydrogen-bond acceptors (Lipinski definition) is 4. The topological polar surface area (TPSA) is 65.4 Å². The van der Waals surface area contributed by atoms with Gasteiger partial charge in [0.15, 0.2) is 11.5 Å². The Hall–Kier alpha value is -2.73. The molecule has 27 heavy (non-hydrogen) atoms. The van der Waals surface area contributed by atoms with Gasteiger partial charge in [0.2, 0.25) is 5.95 Å². The van der Waals surface area contributed by atoms with Crippen LogP contribution in [-0.4, -0.2) is 28.7 Å². The molecule has 0 fully saturated rings. The van der Waals surface area contributed by atoms with Crippen LogP contribution in [0.2, 0.25) is 5.02 Å².